The fraction of sp³-hybridized carbons (Fsp3) is 0.585. The third-order valence-electron chi connectivity index (χ3n) is 8.06. The van der Waals surface area contributed by atoms with E-state index in [9.17, 15) is 29.1 Å². The van der Waals surface area contributed by atoms with Gasteiger partial charge in [0.25, 0.3) is 0 Å². The smallest absolute Gasteiger partial charge is 0.408 e. The first-order valence-corrected chi connectivity index (χ1v) is 18.3. The van der Waals surface area contributed by atoms with Crippen LogP contribution in [0.1, 0.15) is 99.6 Å². The second-order valence-corrected chi connectivity index (χ2v) is 15.9. The molecule has 0 radical (unpaired) electrons. The Labute approximate surface area is 311 Å². The number of carbonyl (C=O) groups is 5. The van der Waals surface area contributed by atoms with Crippen molar-refractivity contribution >= 4 is 30.1 Å². The number of aliphatic hydroxyl groups excluding tert-OH is 1. The number of aliphatic hydroxyl groups is 1. The fourth-order valence-corrected chi connectivity index (χ4v) is 5.47. The predicted octanol–water partition coefficient (Wildman–Crippen LogP) is 5.53. The van der Waals surface area contributed by atoms with Gasteiger partial charge in [0.15, 0.2) is 5.78 Å². The van der Waals surface area contributed by atoms with Crippen LogP contribution in [0.4, 0.5) is 4.79 Å². The summed E-state index contributed by atoms with van der Waals surface area (Å²) in [4.78, 5) is 61.2. The molecular formula is C41H64N4O7. The first-order valence-electron chi connectivity index (χ1n) is 18.3. The topological polar surface area (TPSA) is 163 Å². The van der Waals surface area contributed by atoms with Crippen LogP contribution in [-0.2, 0) is 36.8 Å². The lowest BCUT2D eigenvalue weighted by Crippen LogP contribution is -2.54. The Bertz CT molecular complexity index is 1370. The van der Waals surface area contributed by atoms with Crippen LogP contribution in [0.3, 0.4) is 0 Å². The van der Waals surface area contributed by atoms with Crippen molar-refractivity contribution < 1.29 is 33.8 Å². The van der Waals surface area contributed by atoms with E-state index in [0.717, 1.165) is 17.5 Å². The van der Waals surface area contributed by atoms with Crippen molar-refractivity contribution in [2.45, 2.75) is 131 Å². The number of benzene rings is 2. The third-order valence-corrected chi connectivity index (χ3v) is 8.06. The molecule has 4 amide bonds. The quantitative estimate of drug-likeness (QED) is 0.119. The maximum Gasteiger partial charge on any atom is 0.408 e. The Morgan fingerprint density at radius 1 is 0.712 bits per heavy atom. The molecule has 0 aliphatic carbocycles. The minimum Gasteiger partial charge on any atom is -0.444 e. The van der Waals surface area contributed by atoms with Gasteiger partial charge in [-0.3, -0.25) is 19.2 Å². The molecule has 0 spiro atoms. The molecular weight excluding hydrogens is 660 g/mol. The van der Waals surface area contributed by atoms with Gasteiger partial charge < -0.3 is 31.1 Å². The molecule has 2 aromatic rings. The van der Waals surface area contributed by atoms with Gasteiger partial charge in [0.1, 0.15) is 17.7 Å². The minimum absolute atomic E-state index is 0.0576. The van der Waals surface area contributed by atoms with Gasteiger partial charge in [-0.1, -0.05) is 102 Å². The first-order chi connectivity index (χ1) is 24.3. The number of aryl methyl sites for hydroxylation is 1. The molecule has 0 saturated carbocycles. The minimum atomic E-state index is -0.945. The number of hydrogen-bond acceptors (Lipinski definition) is 7. The van der Waals surface area contributed by atoms with Crippen molar-refractivity contribution in [3.05, 3.63) is 71.8 Å². The lowest BCUT2D eigenvalue weighted by Gasteiger charge is -2.29. The standard InChI is InChI=1S/C21H34N2O3.C20H30N2O4/c1-15(2)14-16(3)22-19(24)18(23-20(25)26-21(4,5)6)13-12-17-10-8-7-9-11-17;1-14(2)10-16(18(25)20(3,4)12-23)22-19(26)17(21-13-24)11-15-8-6-5-7-9-15/h7-11,15-16,18H,12-14H2,1-6H3,(H,22,24)(H,23,25);5-9,13-14,16-17,23H,10-12H2,1-4H3,(H,21,24)(H,22,26)/t16?,18-;16-,17+/m01/s1. The molecule has 1 unspecified atom stereocenters. The van der Waals surface area contributed by atoms with Crippen LogP contribution >= 0.6 is 0 Å². The van der Waals surface area contributed by atoms with E-state index in [2.05, 4.69) is 35.1 Å². The molecule has 0 heterocycles. The van der Waals surface area contributed by atoms with Crippen molar-refractivity contribution in [3.8, 4) is 0 Å². The molecule has 2 rings (SSSR count). The zero-order valence-corrected chi connectivity index (χ0v) is 33.0. The van der Waals surface area contributed by atoms with Gasteiger partial charge in [0, 0.05) is 17.9 Å². The number of carbonyl (C=O) groups excluding carboxylic acids is 5. The van der Waals surface area contributed by atoms with Crippen LogP contribution in [0.15, 0.2) is 60.7 Å². The van der Waals surface area contributed by atoms with Gasteiger partial charge in [-0.2, -0.15) is 0 Å². The van der Waals surface area contributed by atoms with E-state index >= 15 is 0 Å². The summed E-state index contributed by atoms with van der Waals surface area (Å²) >= 11 is 0. The average Bonchev–Trinajstić information content (AvgIpc) is 3.05. The largest absolute Gasteiger partial charge is 0.444 e. The Morgan fingerprint density at radius 2 is 1.23 bits per heavy atom. The summed E-state index contributed by atoms with van der Waals surface area (Å²) in [7, 11) is 0. The number of nitrogens with one attached hydrogen (secondary N) is 4. The summed E-state index contributed by atoms with van der Waals surface area (Å²) in [6, 6.07) is 17.2. The fourth-order valence-electron chi connectivity index (χ4n) is 5.47. The van der Waals surface area contributed by atoms with Crippen molar-refractivity contribution in [2.24, 2.45) is 17.3 Å². The van der Waals surface area contributed by atoms with E-state index in [1.807, 2.05) is 81.4 Å². The van der Waals surface area contributed by atoms with Crippen LogP contribution < -0.4 is 21.3 Å². The SMILES string of the molecule is CC(C)CC(C)NC(=O)[C@H](CCc1ccccc1)NC(=O)OC(C)(C)C.CC(C)C[C@@H](NC(=O)[C@H](Cc1ccccc1)NC=O)C(=O)C(C)(C)CO. The molecule has 5 N–H and O–H groups in total. The third kappa shape index (κ3) is 18.8. The van der Waals surface area contributed by atoms with E-state index in [1.54, 1.807) is 34.6 Å². The Kier molecular flexibility index (Phi) is 19.9. The molecule has 2 aromatic carbocycles. The highest BCUT2D eigenvalue weighted by molar-refractivity contribution is 5.94. The summed E-state index contributed by atoms with van der Waals surface area (Å²) in [6.45, 7) is 18.6. The summed E-state index contributed by atoms with van der Waals surface area (Å²) in [5.41, 5.74) is 0.492. The normalized spacial score (nSPS) is 13.8. The van der Waals surface area contributed by atoms with Crippen LogP contribution in [0.5, 0.6) is 0 Å². The second kappa shape index (κ2) is 22.6. The molecule has 0 aliphatic heterocycles. The Morgan fingerprint density at radius 3 is 1.71 bits per heavy atom. The molecule has 52 heavy (non-hydrogen) atoms. The van der Waals surface area contributed by atoms with Crippen molar-refractivity contribution in [3.63, 3.8) is 0 Å². The Hall–Kier alpha value is -4.25. The number of hydrogen-bond donors (Lipinski definition) is 5. The summed E-state index contributed by atoms with van der Waals surface area (Å²) < 4.78 is 5.31. The number of amides is 4. The van der Waals surface area contributed by atoms with E-state index in [4.69, 9.17) is 4.74 Å². The van der Waals surface area contributed by atoms with E-state index in [-0.39, 0.29) is 30.3 Å². The van der Waals surface area contributed by atoms with Crippen LogP contribution in [0.25, 0.3) is 0 Å². The van der Waals surface area contributed by atoms with Crippen LogP contribution in [0.2, 0.25) is 0 Å². The number of ketones is 1. The molecule has 0 bridgehead atoms. The van der Waals surface area contributed by atoms with Gasteiger partial charge in [-0.25, -0.2) is 4.79 Å². The number of rotatable bonds is 19. The molecule has 290 valence electrons. The van der Waals surface area contributed by atoms with E-state index < -0.39 is 41.1 Å². The summed E-state index contributed by atoms with van der Waals surface area (Å²) in [5.74, 6) is -0.113. The second-order valence-electron chi connectivity index (χ2n) is 15.9. The first kappa shape index (κ1) is 45.8. The molecule has 11 nitrogen and oxygen atoms in total. The van der Waals surface area contributed by atoms with Crippen LogP contribution in [-0.4, -0.2) is 71.6 Å². The van der Waals surface area contributed by atoms with E-state index in [1.165, 1.54) is 0 Å². The van der Waals surface area contributed by atoms with Crippen molar-refractivity contribution in [2.75, 3.05) is 6.61 Å². The maximum atomic E-state index is 12.7. The highest BCUT2D eigenvalue weighted by atomic mass is 16.6. The molecule has 11 heteroatoms. The molecule has 0 saturated heterocycles. The Balaban J connectivity index is 0.000000520. The average molecular weight is 725 g/mol. The summed E-state index contributed by atoms with van der Waals surface area (Å²) in [5, 5.41) is 20.5. The number of ether oxygens (including phenoxy) is 1. The van der Waals surface area contributed by atoms with Crippen molar-refractivity contribution in [1.29, 1.82) is 0 Å². The summed E-state index contributed by atoms with van der Waals surface area (Å²) in [6.07, 6.45) is 2.83. The zero-order chi connectivity index (χ0) is 39.5. The van der Waals surface area contributed by atoms with Gasteiger partial charge in [0.2, 0.25) is 18.2 Å². The van der Waals surface area contributed by atoms with Crippen LogP contribution in [0, 0.1) is 17.3 Å². The predicted molar refractivity (Wildman–Crippen MR) is 205 cm³/mol. The van der Waals surface area contributed by atoms with E-state index in [0.29, 0.717) is 38.0 Å². The zero-order valence-electron chi connectivity index (χ0n) is 33.0. The van der Waals surface area contributed by atoms with Gasteiger partial charge in [0.05, 0.1) is 12.6 Å². The van der Waals surface area contributed by atoms with Gasteiger partial charge >= 0.3 is 6.09 Å². The lowest BCUT2D eigenvalue weighted by atomic mass is 9.82. The molecule has 0 fully saturated rings. The van der Waals surface area contributed by atoms with Crippen molar-refractivity contribution in [1.82, 2.24) is 21.3 Å². The molecule has 4 atom stereocenters. The van der Waals surface area contributed by atoms with Gasteiger partial charge in [-0.15, -0.1) is 0 Å². The molecule has 0 aromatic heterocycles. The monoisotopic (exact) mass is 724 g/mol. The highest BCUT2D eigenvalue weighted by Gasteiger charge is 2.35. The highest BCUT2D eigenvalue weighted by Crippen LogP contribution is 2.21. The maximum absolute atomic E-state index is 12.7. The molecule has 0 aliphatic rings. The number of alkyl carbamates (subject to hydrolysis) is 1. The lowest BCUT2D eigenvalue weighted by molar-refractivity contribution is -0.135. The number of Topliss-reactive ketones (excluding diaryl/α,β-unsaturated/α-hetero) is 1. The van der Waals surface area contributed by atoms with Gasteiger partial charge in [-0.05, 0) is 76.3 Å².